The fourth-order valence-electron chi connectivity index (χ4n) is 1.19. The van der Waals surface area contributed by atoms with Crippen LogP contribution in [0.3, 0.4) is 0 Å². The fourth-order valence-corrected chi connectivity index (χ4v) is 1.19. The van der Waals surface area contributed by atoms with E-state index < -0.39 is 18.6 Å². The zero-order valence-electron chi connectivity index (χ0n) is 10.0. The number of pyridine rings is 1. The summed E-state index contributed by atoms with van der Waals surface area (Å²) in [6.45, 7) is 2.47. The van der Waals surface area contributed by atoms with Gasteiger partial charge in [0.05, 0.1) is 6.20 Å². The van der Waals surface area contributed by atoms with Crippen LogP contribution in [0.25, 0.3) is 0 Å². The third-order valence-corrected chi connectivity index (χ3v) is 1.97. The Balaban J connectivity index is 2.76. The van der Waals surface area contributed by atoms with Crippen LogP contribution in [0.2, 0.25) is 0 Å². The lowest BCUT2D eigenvalue weighted by atomic mass is 10.2. The van der Waals surface area contributed by atoms with Crippen LogP contribution in [0.4, 0.5) is 17.6 Å². The molecule has 0 aliphatic heterocycles. The van der Waals surface area contributed by atoms with Crippen LogP contribution in [0.15, 0.2) is 12.3 Å². The Morgan fingerprint density at radius 3 is 2.61 bits per heavy atom. The predicted octanol–water partition coefficient (Wildman–Crippen LogP) is 2.66. The third kappa shape index (κ3) is 5.31. The molecule has 0 unspecified atom stereocenters. The number of hydrogen-bond acceptors (Lipinski definition) is 3. The van der Waals surface area contributed by atoms with Crippen LogP contribution in [0.1, 0.15) is 19.4 Å². The maximum atomic E-state index is 13.0. The fraction of sp³-hybridized carbons (Fsp3) is 0.545. The van der Waals surface area contributed by atoms with Gasteiger partial charge >= 0.3 is 6.18 Å². The molecule has 0 aromatic carbocycles. The van der Waals surface area contributed by atoms with Gasteiger partial charge in [0.15, 0.2) is 6.61 Å². The van der Waals surface area contributed by atoms with E-state index in [2.05, 4.69) is 15.0 Å². The summed E-state index contributed by atoms with van der Waals surface area (Å²) in [4.78, 5) is 3.52. The van der Waals surface area contributed by atoms with Crippen LogP contribution >= 0.6 is 0 Å². The lowest BCUT2D eigenvalue weighted by Gasteiger charge is -2.13. The molecule has 7 heteroatoms. The molecule has 0 aliphatic carbocycles. The van der Waals surface area contributed by atoms with Crippen molar-refractivity contribution in [3.63, 3.8) is 0 Å². The largest absolute Gasteiger partial charge is 0.468 e. The molecule has 1 aromatic heterocycles. The van der Waals surface area contributed by atoms with Crippen molar-refractivity contribution >= 4 is 0 Å². The Morgan fingerprint density at radius 1 is 1.39 bits per heavy atom. The van der Waals surface area contributed by atoms with Crippen molar-refractivity contribution in [2.45, 2.75) is 32.6 Å². The minimum Gasteiger partial charge on any atom is -0.468 e. The first-order chi connectivity index (χ1) is 8.28. The summed E-state index contributed by atoms with van der Waals surface area (Å²) in [5.74, 6) is -0.822. The van der Waals surface area contributed by atoms with Crippen molar-refractivity contribution < 1.29 is 22.3 Å². The van der Waals surface area contributed by atoms with E-state index in [1.54, 1.807) is 0 Å². The molecule has 1 N–H and O–H groups in total. The van der Waals surface area contributed by atoms with Crippen molar-refractivity contribution in [2.75, 3.05) is 6.61 Å². The van der Waals surface area contributed by atoms with Crippen LogP contribution in [-0.4, -0.2) is 23.8 Å². The highest BCUT2D eigenvalue weighted by molar-refractivity contribution is 5.26. The standard InChI is InChI=1S/C11H14F4N2O/c1-7(2)16-4-8-3-9(12)5-17-10(8)18-6-11(13,14)15/h3,5,7,16H,4,6H2,1-2H3. The molecule has 0 amide bonds. The lowest BCUT2D eigenvalue weighted by molar-refractivity contribution is -0.154. The molecule has 0 atom stereocenters. The molecule has 0 bridgehead atoms. The average Bonchev–Trinajstić information content (AvgIpc) is 2.23. The zero-order chi connectivity index (χ0) is 13.8. The van der Waals surface area contributed by atoms with Gasteiger partial charge in [-0.3, -0.25) is 0 Å². The van der Waals surface area contributed by atoms with Crippen LogP contribution in [0.5, 0.6) is 5.88 Å². The molecule has 1 rings (SSSR count). The summed E-state index contributed by atoms with van der Waals surface area (Å²) in [5, 5.41) is 2.96. The van der Waals surface area contributed by atoms with E-state index in [1.165, 1.54) is 0 Å². The molecule has 18 heavy (non-hydrogen) atoms. The SMILES string of the molecule is CC(C)NCc1cc(F)cnc1OCC(F)(F)F. The van der Waals surface area contributed by atoms with Gasteiger partial charge in [-0.2, -0.15) is 13.2 Å². The summed E-state index contributed by atoms with van der Waals surface area (Å²) in [6.07, 6.45) is -3.62. The molecule has 0 fully saturated rings. The summed E-state index contributed by atoms with van der Waals surface area (Å²) >= 11 is 0. The van der Waals surface area contributed by atoms with Crippen molar-refractivity contribution in [2.24, 2.45) is 0 Å². The molecule has 1 heterocycles. The molecular weight excluding hydrogens is 252 g/mol. The normalized spacial score (nSPS) is 11.9. The number of halogens is 4. The van der Waals surface area contributed by atoms with Crippen molar-refractivity contribution in [3.05, 3.63) is 23.6 Å². The zero-order valence-corrected chi connectivity index (χ0v) is 10.0. The first-order valence-electron chi connectivity index (χ1n) is 5.35. The van der Waals surface area contributed by atoms with E-state index in [0.29, 0.717) is 0 Å². The smallest absolute Gasteiger partial charge is 0.422 e. The highest BCUT2D eigenvalue weighted by atomic mass is 19.4. The van der Waals surface area contributed by atoms with Crippen molar-refractivity contribution in [1.82, 2.24) is 10.3 Å². The number of nitrogens with zero attached hydrogens (tertiary/aromatic N) is 1. The number of ether oxygens (including phenoxy) is 1. The number of aromatic nitrogens is 1. The Morgan fingerprint density at radius 2 is 2.06 bits per heavy atom. The first-order valence-corrected chi connectivity index (χ1v) is 5.35. The molecule has 1 aromatic rings. The first kappa shape index (κ1) is 14.7. The van der Waals surface area contributed by atoms with E-state index >= 15 is 0 Å². The maximum Gasteiger partial charge on any atom is 0.422 e. The second-order valence-electron chi connectivity index (χ2n) is 4.06. The van der Waals surface area contributed by atoms with E-state index in [9.17, 15) is 17.6 Å². The van der Waals surface area contributed by atoms with E-state index in [0.717, 1.165) is 12.3 Å². The van der Waals surface area contributed by atoms with Crippen LogP contribution in [-0.2, 0) is 6.54 Å². The molecule has 102 valence electrons. The maximum absolute atomic E-state index is 13.0. The Kier molecular flexibility index (Phi) is 4.89. The molecule has 0 saturated heterocycles. The second-order valence-corrected chi connectivity index (χ2v) is 4.06. The summed E-state index contributed by atoms with van der Waals surface area (Å²) in [7, 11) is 0. The molecule has 3 nitrogen and oxygen atoms in total. The molecular formula is C11H14F4N2O. The predicted molar refractivity (Wildman–Crippen MR) is 57.7 cm³/mol. The van der Waals surface area contributed by atoms with Gasteiger partial charge < -0.3 is 10.1 Å². The number of hydrogen-bond donors (Lipinski definition) is 1. The van der Waals surface area contributed by atoms with Gasteiger partial charge in [-0.15, -0.1) is 0 Å². The number of rotatable bonds is 5. The third-order valence-electron chi connectivity index (χ3n) is 1.97. The molecule has 0 aliphatic rings. The summed E-state index contributed by atoms with van der Waals surface area (Å²) in [5.41, 5.74) is 0.257. The van der Waals surface area contributed by atoms with E-state index in [-0.39, 0.29) is 24.0 Å². The molecule has 0 saturated carbocycles. The Hall–Kier alpha value is -1.37. The lowest BCUT2D eigenvalue weighted by Crippen LogP contribution is -2.24. The van der Waals surface area contributed by atoms with Gasteiger partial charge in [-0.05, 0) is 6.07 Å². The minimum absolute atomic E-state index is 0.115. The Bertz CT molecular complexity index is 393. The highest BCUT2D eigenvalue weighted by Crippen LogP contribution is 2.20. The summed E-state index contributed by atoms with van der Waals surface area (Å²) in [6, 6.07) is 1.22. The van der Waals surface area contributed by atoms with Gasteiger partial charge in [0, 0.05) is 18.2 Å². The van der Waals surface area contributed by atoms with E-state index in [4.69, 9.17) is 0 Å². The van der Waals surface area contributed by atoms with Crippen molar-refractivity contribution in [1.29, 1.82) is 0 Å². The highest BCUT2D eigenvalue weighted by Gasteiger charge is 2.29. The van der Waals surface area contributed by atoms with E-state index in [1.807, 2.05) is 13.8 Å². The van der Waals surface area contributed by atoms with Gasteiger partial charge in [0.2, 0.25) is 5.88 Å². The second kappa shape index (κ2) is 5.99. The topological polar surface area (TPSA) is 34.2 Å². The van der Waals surface area contributed by atoms with Gasteiger partial charge in [0.1, 0.15) is 5.82 Å². The van der Waals surface area contributed by atoms with Crippen LogP contribution in [0, 0.1) is 5.82 Å². The van der Waals surface area contributed by atoms with Gasteiger partial charge in [-0.25, -0.2) is 9.37 Å². The molecule has 0 radical (unpaired) electrons. The quantitative estimate of drug-likeness (QED) is 0.832. The van der Waals surface area contributed by atoms with Gasteiger partial charge in [0.25, 0.3) is 0 Å². The van der Waals surface area contributed by atoms with Crippen molar-refractivity contribution in [3.8, 4) is 5.88 Å². The average molecular weight is 266 g/mol. The summed E-state index contributed by atoms with van der Waals surface area (Å²) < 4.78 is 53.6. The minimum atomic E-state index is -4.45. The monoisotopic (exact) mass is 266 g/mol. The van der Waals surface area contributed by atoms with Gasteiger partial charge in [-0.1, -0.05) is 13.8 Å². The number of nitrogens with one attached hydrogen (secondary N) is 1. The molecule has 0 spiro atoms. The number of alkyl halides is 3. The Labute approximate surface area is 102 Å². The van der Waals surface area contributed by atoms with Crippen LogP contribution < -0.4 is 10.1 Å².